The lowest BCUT2D eigenvalue weighted by Gasteiger charge is -2.11. The summed E-state index contributed by atoms with van der Waals surface area (Å²) in [6, 6.07) is 1.95. The molecular weight excluding hydrogens is 246 g/mol. The molecule has 0 aliphatic rings. The van der Waals surface area contributed by atoms with Crippen LogP contribution >= 0.6 is 11.6 Å². The molecule has 0 fully saturated rings. The van der Waals surface area contributed by atoms with Gasteiger partial charge < -0.3 is 0 Å². The summed E-state index contributed by atoms with van der Waals surface area (Å²) in [5, 5.41) is -0.725. The largest absolute Gasteiger partial charge is 0.417 e. The van der Waals surface area contributed by atoms with Gasteiger partial charge in [0.2, 0.25) is 0 Å². The van der Waals surface area contributed by atoms with E-state index in [2.05, 4.69) is 0 Å². The highest BCUT2D eigenvalue weighted by Crippen LogP contribution is 2.36. The van der Waals surface area contributed by atoms with Crippen LogP contribution in [0.5, 0.6) is 0 Å². The fraction of sp³-hybridized carbons (Fsp3) is 0.250. The van der Waals surface area contributed by atoms with Crippen molar-refractivity contribution in [2.75, 3.05) is 0 Å². The van der Waals surface area contributed by atoms with Crippen LogP contribution in [0.15, 0.2) is 12.1 Å². The van der Waals surface area contributed by atoms with Gasteiger partial charge in [-0.05, 0) is 12.1 Å². The number of rotatable bonds is 0. The van der Waals surface area contributed by atoms with Gasteiger partial charge in [0.25, 0.3) is 0 Å². The van der Waals surface area contributed by atoms with Gasteiger partial charge in [0.05, 0.1) is 11.1 Å². The third-order valence-corrected chi connectivity index (χ3v) is 1.67. The molecular formula is C8H2ClF6. The smallest absolute Gasteiger partial charge is 0.166 e. The van der Waals surface area contributed by atoms with Crippen LogP contribution in [0.25, 0.3) is 0 Å². The molecule has 15 heavy (non-hydrogen) atoms. The van der Waals surface area contributed by atoms with Crippen LogP contribution in [0.3, 0.4) is 0 Å². The molecule has 0 atom stereocenters. The summed E-state index contributed by atoms with van der Waals surface area (Å²) in [4.78, 5) is 0. The van der Waals surface area contributed by atoms with Crippen LogP contribution in [0.4, 0.5) is 26.3 Å². The molecule has 0 nitrogen and oxygen atoms in total. The molecule has 83 valence electrons. The van der Waals surface area contributed by atoms with Crippen LogP contribution in [0, 0.1) is 6.07 Å². The van der Waals surface area contributed by atoms with Gasteiger partial charge in [-0.3, -0.25) is 0 Å². The van der Waals surface area contributed by atoms with E-state index in [1.807, 2.05) is 0 Å². The molecule has 0 aliphatic heterocycles. The summed E-state index contributed by atoms with van der Waals surface area (Å²) >= 11 is 5.11. The highest BCUT2D eigenvalue weighted by Gasteiger charge is 2.36. The molecule has 1 aromatic rings. The van der Waals surface area contributed by atoms with Crippen LogP contribution in [0.2, 0.25) is 5.02 Å². The zero-order chi connectivity index (χ0) is 11.9. The molecule has 0 amide bonds. The third-order valence-electron chi connectivity index (χ3n) is 1.47. The minimum atomic E-state index is -4.90. The number of halogens is 7. The van der Waals surface area contributed by atoms with Gasteiger partial charge in [0, 0.05) is 11.1 Å². The number of hydrogen-bond acceptors (Lipinski definition) is 0. The molecule has 0 heterocycles. The second-order valence-corrected chi connectivity index (χ2v) is 3.03. The van der Waals surface area contributed by atoms with Gasteiger partial charge >= 0.3 is 12.4 Å². The van der Waals surface area contributed by atoms with Gasteiger partial charge in [-0.2, -0.15) is 26.3 Å². The maximum atomic E-state index is 12.1. The van der Waals surface area contributed by atoms with E-state index in [4.69, 9.17) is 11.6 Å². The Balaban J connectivity index is 3.30. The summed E-state index contributed by atoms with van der Waals surface area (Å²) in [5.41, 5.74) is -2.99. The van der Waals surface area contributed by atoms with Crippen molar-refractivity contribution >= 4 is 11.6 Å². The Labute approximate surface area is 85.5 Å². The number of alkyl halides is 6. The molecule has 0 bridgehead atoms. The average molecular weight is 248 g/mol. The summed E-state index contributed by atoms with van der Waals surface area (Å²) in [6.07, 6.45) is -9.76. The second kappa shape index (κ2) is 3.59. The lowest BCUT2D eigenvalue weighted by atomic mass is 10.1. The molecule has 0 aromatic heterocycles. The maximum absolute atomic E-state index is 12.1. The lowest BCUT2D eigenvalue weighted by Crippen LogP contribution is -2.10. The zero-order valence-electron chi connectivity index (χ0n) is 6.80. The van der Waals surface area contributed by atoms with Crippen molar-refractivity contribution < 1.29 is 26.3 Å². The minimum absolute atomic E-state index is 0.0358. The molecule has 7 heteroatoms. The van der Waals surface area contributed by atoms with Gasteiger partial charge in [0.15, 0.2) is 0 Å². The minimum Gasteiger partial charge on any atom is -0.166 e. The normalized spacial score (nSPS) is 13.0. The van der Waals surface area contributed by atoms with Gasteiger partial charge in [-0.25, -0.2) is 0 Å². The molecule has 0 saturated heterocycles. The van der Waals surface area contributed by atoms with Crippen LogP contribution in [-0.4, -0.2) is 0 Å². The first kappa shape index (κ1) is 12.2. The van der Waals surface area contributed by atoms with Crippen molar-refractivity contribution in [1.82, 2.24) is 0 Å². The van der Waals surface area contributed by atoms with E-state index in [9.17, 15) is 26.3 Å². The van der Waals surface area contributed by atoms with Crippen molar-refractivity contribution in [2.24, 2.45) is 0 Å². The molecule has 0 spiro atoms. The van der Waals surface area contributed by atoms with E-state index in [0.29, 0.717) is 6.07 Å². The van der Waals surface area contributed by atoms with E-state index >= 15 is 0 Å². The number of hydrogen-bond donors (Lipinski definition) is 0. The Morgan fingerprint density at radius 1 is 0.933 bits per heavy atom. The molecule has 1 rings (SSSR count). The van der Waals surface area contributed by atoms with Gasteiger partial charge in [0.1, 0.15) is 0 Å². The van der Waals surface area contributed by atoms with Gasteiger partial charge in [-0.15, -0.1) is 0 Å². The van der Waals surface area contributed by atoms with Crippen molar-refractivity contribution in [3.8, 4) is 0 Å². The Hall–Kier alpha value is -0.910. The van der Waals surface area contributed by atoms with Crippen molar-refractivity contribution in [3.05, 3.63) is 34.3 Å². The third kappa shape index (κ3) is 3.02. The monoisotopic (exact) mass is 247 g/mol. The Morgan fingerprint density at radius 3 is 1.87 bits per heavy atom. The fourth-order valence-electron chi connectivity index (χ4n) is 0.851. The molecule has 1 radical (unpaired) electrons. The maximum Gasteiger partial charge on any atom is 0.417 e. The van der Waals surface area contributed by atoms with Crippen molar-refractivity contribution in [1.29, 1.82) is 0 Å². The predicted molar refractivity (Wildman–Crippen MR) is 40.3 cm³/mol. The van der Waals surface area contributed by atoms with E-state index in [1.165, 1.54) is 0 Å². The summed E-state index contributed by atoms with van der Waals surface area (Å²) < 4.78 is 72.5. The average Bonchev–Trinajstić information content (AvgIpc) is 1.99. The predicted octanol–water partition coefficient (Wildman–Crippen LogP) is 4.18. The van der Waals surface area contributed by atoms with E-state index < -0.39 is 28.5 Å². The SMILES string of the molecule is FC(F)(F)c1[c]c(Cl)cc(C(F)(F)F)c1. The topological polar surface area (TPSA) is 0 Å². The molecule has 0 aliphatic carbocycles. The molecule has 0 unspecified atom stereocenters. The number of benzene rings is 1. The lowest BCUT2D eigenvalue weighted by molar-refractivity contribution is -0.143. The second-order valence-electron chi connectivity index (χ2n) is 2.63. The Bertz CT molecular complexity index is 332. The standard InChI is InChI=1S/C8H2ClF6/c9-6-2-4(7(10,11)12)1-5(3-6)8(13,14)15/h1-2H. The van der Waals surface area contributed by atoms with E-state index in [0.717, 1.165) is 0 Å². The first-order chi connectivity index (χ1) is 6.60. The van der Waals surface area contributed by atoms with E-state index in [1.54, 1.807) is 6.07 Å². The highest BCUT2D eigenvalue weighted by molar-refractivity contribution is 6.30. The summed E-state index contributed by atoms with van der Waals surface area (Å²) in [6.45, 7) is 0. The van der Waals surface area contributed by atoms with Crippen LogP contribution in [0.1, 0.15) is 11.1 Å². The molecule has 1 aromatic carbocycles. The molecule has 0 saturated carbocycles. The van der Waals surface area contributed by atoms with Crippen molar-refractivity contribution in [2.45, 2.75) is 12.4 Å². The van der Waals surface area contributed by atoms with Crippen molar-refractivity contribution in [3.63, 3.8) is 0 Å². The summed E-state index contributed by atoms with van der Waals surface area (Å²) in [7, 11) is 0. The van der Waals surface area contributed by atoms with Gasteiger partial charge in [-0.1, -0.05) is 11.6 Å². The van der Waals surface area contributed by atoms with E-state index in [-0.39, 0.29) is 6.07 Å². The first-order valence-corrected chi connectivity index (χ1v) is 3.86. The zero-order valence-corrected chi connectivity index (χ0v) is 7.56. The van der Waals surface area contributed by atoms with Crippen LogP contribution < -0.4 is 0 Å². The first-order valence-electron chi connectivity index (χ1n) is 3.48. The quantitative estimate of drug-likeness (QED) is 0.604. The summed E-state index contributed by atoms with van der Waals surface area (Å²) in [5.74, 6) is 0. The Kier molecular flexibility index (Phi) is 2.91. The molecule has 0 N–H and O–H groups in total. The van der Waals surface area contributed by atoms with Crippen LogP contribution in [-0.2, 0) is 12.4 Å². The Morgan fingerprint density at radius 2 is 1.47 bits per heavy atom. The fourth-order valence-corrected chi connectivity index (χ4v) is 1.07. The highest BCUT2D eigenvalue weighted by atomic mass is 35.5.